The molecular weight excluding hydrogens is 372 g/mol. The van der Waals surface area contributed by atoms with Crippen molar-refractivity contribution in [2.75, 3.05) is 19.8 Å². The lowest BCUT2D eigenvalue weighted by atomic mass is 9.86. The third-order valence-corrected chi connectivity index (χ3v) is 6.51. The molecule has 158 valence electrons. The van der Waals surface area contributed by atoms with E-state index in [4.69, 9.17) is 4.74 Å². The van der Waals surface area contributed by atoms with E-state index < -0.39 is 47.8 Å². The van der Waals surface area contributed by atoms with E-state index in [0.29, 0.717) is 5.92 Å². The summed E-state index contributed by atoms with van der Waals surface area (Å²) in [5.74, 6) is -0.966. The molecule has 9 atom stereocenters. The molecule has 0 unspecified atom stereocenters. The second-order valence-electron chi connectivity index (χ2n) is 7.80. The summed E-state index contributed by atoms with van der Waals surface area (Å²) in [6.07, 6.45) is -1.79. The highest BCUT2D eigenvalue weighted by Gasteiger charge is 2.50. The summed E-state index contributed by atoms with van der Waals surface area (Å²) < 4.78 is 5.69. The fraction of sp³-hybridized carbons (Fsp3) is 0.944. The Bertz CT molecular complexity index is 494. The molecule has 2 aliphatic heterocycles. The van der Waals surface area contributed by atoms with E-state index in [1.165, 1.54) is 18.7 Å². The number of aliphatic hydroxyl groups is 4. The SMILES string of the molecule is CCC[C@@H]1C[C@@H](NC(=O)[C@H]([C@@H]2O[C@H](SC)[C@@H](O)[C@H](O)[C@H]2O)[C@H](C)O)N(C)C1. The lowest BCUT2D eigenvalue weighted by Gasteiger charge is -2.43. The predicted molar refractivity (Wildman–Crippen MR) is 103 cm³/mol. The van der Waals surface area contributed by atoms with Crippen LogP contribution in [0.5, 0.6) is 0 Å². The van der Waals surface area contributed by atoms with E-state index in [9.17, 15) is 25.2 Å². The molecule has 0 aliphatic carbocycles. The van der Waals surface area contributed by atoms with Gasteiger partial charge < -0.3 is 30.5 Å². The maximum absolute atomic E-state index is 12.9. The summed E-state index contributed by atoms with van der Waals surface area (Å²) >= 11 is 1.18. The number of ether oxygens (including phenoxy) is 1. The molecule has 0 aromatic heterocycles. The highest BCUT2D eigenvalue weighted by molar-refractivity contribution is 7.99. The molecule has 2 saturated heterocycles. The Labute approximate surface area is 165 Å². The van der Waals surface area contributed by atoms with Crippen LogP contribution in [-0.4, -0.2) is 93.2 Å². The van der Waals surface area contributed by atoms with Crippen molar-refractivity contribution in [2.24, 2.45) is 11.8 Å². The second-order valence-corrected chi connectivity index (χ2v) is 8.73. The molecular formula is C18H34N2O6S. The summed E-state index contributed by atoms with van der Waals surface area (Å²) in [7, 11) is 1.95. The number of amides is 1. The van der Waals surface area contributed by atoms with E-state index in [0.717, 1.165) is 25.8 Å². The molecule has 2 heterocycles. The maximum Gasteiger partial charge on any atom is 0.229 e. The van der Waals surface area contributed by atoms with Crippen molar-refractivity contribution in [1.29, 1.82) is 0 Å². The van der Waals surface area contributed by atoms with Crippen LogP contribution in [0, 0.1) is 11.8 Å². The quantitative estimate of drug-likeness (QED) is 0.378. The molecule has 0 saturated carbocycles. The first-order valence-corrected chi connectivity index (χ1v) is 10.9. The number of carbonyl (C=O) groups excluding carboxylic acids is 1. The largest absolute Gasteiger partial charge is 0.392 e. The minimum absolute atomic E-state index is 0.136. The predicted octanol–water partition coefficient (Wildman–Crippen LogP) is -0.652. The average molecular weight is 407 g/mol. The summed E-state index contributed by atoms with van der Waals surface area (Å²) in [5, 5.41) is 43.7. The summed E-state index contributed by atoms with van der Waals surface area (Å²) in [6, 6.07) is 0. The minimum Gasteiger partial charge on any atom is -0.392 e. The first-order valence-electron chi connectivity index (χ1n) is 9.62. The van der Waals surface area contributed by atoms with Crippen LogP contribution >= 0.6 is 11.8 Å². The van der Waals surface area contributed by atoms with E-state index in [2.05, 4.69) is 17.1 Å². The smallest absolute Gasteiger partial charge is 0.229 e. The highest BCUT2D eigenvalue weighted by atomic mass is 32.2. The minimum atomic E-state index is -1.47. The van der Waals surface area contributed by atoms with Crippen LogP contribution in [0.2, 0.25) is 0 Å². The Morgan fingerprint density at radius 1 is 1.30 bits per heavy atom. The molecule has 0 bridgehead atoms. The zero-order valence-corrected chi connectivity index (χ0v) is 17.3. The van der Waals surface area contributed by atoms with Crippen LogP contribution in [0.1, 0.15) is 33.1 Å². The van der Waals surface area contributed by atoms with Gasteiger partial charge in [-0.15, -0.1) is 11.8 Å². The fourth-order valence-corrected chi connectivity index (χ4v) is 4.84. The Kier molecular flexibility index (Phi) is 8.35. The molecule has 0 spiro atoms. The van der Waals surface area contributed by atoms with Crippen LogP contribution in [0.25, 0.3) is 0 Å². The zero-order chi connectivity index (χ0) is 20.3. The lowest BCUT2D eigenvalue weighted by molar-refractivity contribution is -0.218. The first kappa shape index (κ1) is 22.9. The van der Waals surface area contributed by atoms with Gasteiger partial charge in [0, 0.05) is 6.54 Å². The Balaban J connectivity index is 2.10. The van der Waals surface area contributed by atoms with Crippen LogP contribution in [0.3, 0.4) is 0 Å². The average Bonchev–Trinajstić information content (AvgIpc) is 2.94. The van der Waals surface area contributed by atoms with Gasteiger partial charge in [-0.2, -0.15) is 0 Å². The lowest BCUT2D eigenvalue weighted by Crippen LogP contribution is -2.62. The summed E-state index contributed by atoms with van der Waals surface area (Å²) in [4.78, 5) is 15.0. The molecule has 27 heavy (non-hydrogen) atoms. The Hall–Kier alpha value is -0.420. The van der Waals surface area contributed by atoms with Gasteiger partial charge in [-0.25, -0.2) is 0 Å². The monoisotopic (exact) mass is 406 g/mol. The van der Waals surface area contributed by atoms with Crippen molar-refractivity contribution in [3.05, 3.63) is 0 Å². The maximum atomic E-state index is 12.9. The van der Waals surface area contributed by atoms with Gasteiger partial charge in [-0.3, -0.25) is 9.69 Å². The van der Waals surface area contributed by atoms with Crippen molar-refractivity contribution < 1.29 is 30.0 Å². The van der Waals surface area contributed by atoms with Gasteiger partial charge in [0.1, 0.15) is 29.9 Å². The number of thioether (sulfide) groups is 1. The Morgan fingerprint density at radius 3 is 2.52 bits per heavy atom. The molecule has 8 nitrogen and oxygen atoms in total. The number of aliphatic hydroxyl groups excluding tert-OH is 4. The molecule has 0 radical (unpaired) electrons. The van der Waals surface area contributed by atoms with Crippen molar-refractivity contribution in [3.63, 3.8) is 0 Å². The van der Waals surface area contributed by atoms with Crippen molar-refractivity contribution in [3.8, 4) is 0 Å². The number of carbonyl (C=O) groups is 1. The van der Waals surface area contributed by atoms with E-state index in [-0.39, 0.29) is 6.17 Å². The second kappa shape index (κ2) is 9.87. The molecule has 0 aromatic carbocycles. The van der Waals surface area contributed by atoms with E-state index in [1.807, 2.05) is 7.05 Å². The highest BCUT2D eigenvalue weighted by Crippen LogP contribution is 2.32. The van der Waals surface area contributed by atoms with Gasteiger partial charge in [-0.05, 0) is 39.0 Å². The Morgan fingerprint density at radius 2 is 1.96 bits per heavy atom. The van der Waals surface area contributed by atoms with Crippen LogP contribution in [0.4, 0.5) is 0 Å². The standard InChI is InChI=1S/C18H34N2O6S/c1-5-6-10-7-11(20(3)8-10)19-17(25)12(9(2)21)16-14(23)13(22)15(24)18(26-16)27-4/h9-16,18,21-24H,5-8H2,1-4H3,(H,19,25)/t9-,10+,11-,12-,13+,14+,15-,16-,18+/m0/s1. The topological polar surface area (TPSA) is 122 Å². The number of nitrogens with one attached hydrogen (secondary N) is 1. The van der Waals surface area contributed by atoms with Gasteiger partial charge >= 0.3 is 0 Å². The van der Waals surface area contributed by atoms with Crippen molar-refractivity contribution in [2.45, 2.75) is 75.2 Å². The van der Waals surface area contributed by atoms with Crippen LogP contribution in [-0.2, 0) is 9.53 Å². The molecule has 2 fully saturated rings. The number of hydrogen-bond acceptors (Lipinski definition) is 8. The molecule has 5 N–H and O–H groups in total. The summed E-state index contributed by atoms with van der Waals surface area (Å²) in [6.45, 7) is 4.50. The molecule has 0 aromatic rings. The van der Waals surface area contributed by atoms with Crippen molar-refractivity contribution in [1.82, 2.24) is 10.2 Å². The van der Waals surface area contributed by atoms with Gasteiger partial charge in [0.05, 0.1) is 18.2 Å². The van der Waals surface area contributed by atoms with Crippen LogP contribution in [0.15, 0.2) is 0 Å². The normalized spacial score (nSPS) is 39.9. The number of hydrogen-bond donors (Lipinski definition) is 5. The van der Waals surface area contributed by atoms with Gasteiger partial charge in [0.2, 0.25) is 5.91 Å². The molecule has 1 amide bonds. The third-order valence-electron chi connectivity index (χ3n) is 5.66. The van der Waals surface area contributed by atoms with E-state index >= 15 is 0 Å². The third kappa shape index (κ3) is 5.14. The van der Waals surface area contributed by atoms with Crippen molar-refractivity contribution >= 4 is 17.7 Å². The van der Waals surface area contributed by atoms with Gasteiger partial charge in [0.25, 0.3) is 0 Å². The van der Waals surface area contributed by atoms with Gasteiger partial charge in [-0.1, -0.05) is 13.3 Å². The summed E-state index contributed by atoms with van der Waals surface area (Å²) in [5.41, 5.74) is -0.787. The zero-order valence-electron chi connectivity index (χ0n) is 16.5. The number of likely N-dealkylation sites (tertiary alicyclic amines) is 1. The fourth-order valence-electron chi connectivity index (χ4n) is 4.16. The molecule has 2 aliphatic rings. The molecule has 2 rings (SSSR count). The molecule has 9 heteroatoms. The van der Waals surface area contributed by atoms with Crippen LogP contribution < -0.4 is 5.32 Å². The first-order chi connectivity index (χ1) is 12.7. The number of rotatable bonds is 7. The van der Waals surface area contributed by atoms with Gasteiger partial charge in [0.15, 0.2) is 0 Å². The van der Waals surface area contributed by atoms with E-state index in [1.54, 1.807) is 6.26 Å². The number of nitrogens with zero attached hydrogens (tertiary/aromatic N) is 1.